The SMILES string of the molecule is N#Cc1cccc(C#N)c1-n1c2ccccc2c2sc3ccccc3c21. The number of fused-ring (bicyclic) bond motifs is 5. The third-order valence-electron chi connectivity index (χ3n) is 4.68. The van der Waals surface area contributed by atoms with E-state index < -0.39 is 0 Å². The topological polar surface area (TPSA) is 52.5 Å². The first kappa shape index (κ1) is 14.7. The van der Waals surface area contributed by atoms with Gasteiger partial charge in [0, 0.05) is 15.5 Å². The Morgan fingerprint density at radius 1 is 0.731 bits per heavy atom. The highest BCUT2D eigenvalue weighted by Gasteiger charge is 2.20. The molecule has 0 bridgehead atoms. The lowest BCUT2D eigenvalue weighted by Crippen LogP contribution is -2.00. The summed E-state index contributed by atoms with van der Waals surface area (Å²) in [5, 5.41) is 21.6. The minimum absolute atomic E-state index is 0.502. The largest absolute Gasteiger partial charge is 0.305 e. The number of hydrogen-bond donors (Lipinski definition) is 0. The first-order valence-corrected chi connectivity index (χ1v) is 8.99. The van der Waals surface area contributed by atoms with Crippen molar-refractivity contribution in [3.05, 3.63) is 77.9 Å². The second kappa shape index (κ2) is 5.46. The van der Waals surface area contributed by atoms with E-state index >= 15 is 0 Å². The molecule has 0 atom stereocenters. The van der Waals surface area contributed by atoms with Crippen LogP contribution in [0, 0.1) is 22.7 Å². The van der Waals surface area contributed by atoms with Gasteiger partial charge in [-0.1, -0.05) is 42.5 Å². The number of nitrogens with zero attached hydrogens (tertiary/aromatic N) is 3. The van der Waals surface area contributed by atoms with E-state index in [1.54, 1.807) is 29.5 Å². The lowest BCUT2D eigenvalue weighted by atomic mass is 10.1. The molecule has 5 rings (SSSR count). The first-order valence-electron chi connectivity index (χ1n) is 8.17. The maximum Gasteiger partial charge on any atom is 0.101 e. The number of hydrogen-bond acceptors (Lipinski definition) is 3. The molecule has 2 heterocycles. The van der Waals surface area contributed by atoms with Gasteiger partial charge in [-0.2, -0.15) is 10.5 Å². The molecule has 0 saturated heterocycles. The molecule has 4 heteroatoms. The molecule has 0 radical (unpaired) electrons. The molecule has 5 aromatic rings. The Hall–Kier alpha value is -3.60. The van der Waals surface area contributed by atoms with Crippen molar-refractivity contribution in [3.63, 3.8) is 0 Å². The van der Waals surface area contributed by atoms with Crippen molar-refractivity contribution in [2.24, 2.45) is 0 Å². The highest BCUT2D eigenvalue weighted by atomic mass is 32.1. The Morgan fingerprint density at radius 3 is 2.12 bits per heavy atom. The van der Waals surface area contributed by atoms with Gasteiger partial charge in [-0.3, -0.25) is 0 Å². The number of aromatic nitrogens is 1. The van der Waals surface area contributed by atoms with Crippen molar-refractivity contribution in [2.45, 2.75) is 0 Å². The third kappa shape index (κ3) is 1.85. The fourth-order valence-corrected chi connectivity index (χ4v) is 4.84. The summed E-state index contributed by atoms with van der Waals surface area (Å²) in [5.74, 6) is 0. The molecule has 0 aliphatic carbocycles. The van der Waals surface area contributed by atoms with E-state index in [0.717, 1.165) is 21.8 Å². The second-order valence-electron chi connectivity index (χ2n) is 6.05. The van der Waals surface area contributed by atoms with Gasteiger partial charge in [0.25, 0.3) is 0 Å². The van der Waals surface area contributed by atoms with E-state index in [4.69, 9.17) is 0 Å². The molecule has 0 aliphatic rings. The molecule has 2 aromatic heterocycles. The van der Waals surface area contributed by atoms with Crippen LogP contribution in [0.4, 0.5) is 0 Å². The van der Waals surface area contributed by atoms with Crippen LogP contribution in [-0.4, -0.2) is 4.57 Å². The van der Waals surface area contributed by atoms with Gasteiger partial charge in [-0.05, 0) is 24.3 Å². The van der Waals surface area contributed by atoms with Crippen molar-refractivity contribution in [1.29, 1.82) is 10.5 Å². The van der Waals surface area contributed by atoms with Crippen molar-refractivity contribution in [3.8, 4) is 17.8 Å². The third-order valence-corrected chi connectivity index (χ3v) is 5.88. The normalized spacial score (nSPS) is 11.0. The summed E-state index contributed by atoms with van der Waals surface area (Å²) in [6.07, 6.45) is 0. The summed E-state index contributed by atoms with van der Waals surface area (Å²) in [6, 6.07) is 26.3. The average molecular weight is 349 g/mol. The van der Waals surface area contributed by atoms with Crippen LogP contribution >= 0.6 is 11.3 Å². The van der Waals surface area contributed by atoms with E-state index in [9.17, 15) is 10.5 Å². The Kier molecular flexibility index (Phi) is 3.09. The van der Waals surface area contributed by atoms with Crippen LogP contribution in [0.5, 0.6) is 0 Å². The van der Waals surface area contributed by atoms with Gasteiger partial charge in [-0.25, -0.2) is 0 Å². The number of thiophene rings is 1. The molecule has 0 saturated carbocycles. The smallest absolute Gasteiger partial charge is 0.101 e. The summed E-state index contributed by atoms with van der Waals surface area (Å²) in [6.45, 7) is 0. The summed E-state index contributed by atoms with van der Waals surface area (Å²) in [7, 11) is 0. The van der Waals surface area contributed by atoms with Gasteiger partial charge >= 0.3 is 0 Å². The van der Waals surface area contributed by atoms with E-state index in [1.165, 1.54) is 9.40 Å². The van der Waals surface area contributed by atoms with Gasteiger partial charge in [-0.15, -0.1) is 11.3 Å². The molecular weight excluding hydrogens is 338 g/mol. The Morgan fingerprint density at radius 2 is 1.38 bits per heavy atom. The van der Waals surface area contributed by atoms with Crippen LogP contribution in [0.1, 0.15) is 11.1 Å². The molecule has 26 heavy (non-hydrogen) atoms. The fourth-order valence-electron chi connectivity index (χ4n) is 3.61. The van der Waals surface area contributed by atoms with Crippen molar-refractivity contribution >= 4 is 42.5 Å². The number of para-hydroxylation sites is 2. The zero-order chi connectivity index (χ0) is 17.7. The van der Waals surface area contributed by atoms with Gasteiger partial charge < -0.3 is 4.57 Å². The summed E-state index contributed by atoms with van der Waals surface area (Å²) in [4.78, 5) is 0. The number of nitriles is 2. The van der Waals surface area contributed by atoms with Gasteiger partial charge in [0.05, 0.1) is 32.5 Å². The molecular formula is C22H11N3S. The quantitative estimate of drug-likeness (QED) is 0.387. The predicted molar refractivity (Wildman–Crippen MR) is 106 cm³/mol. The molecule has 0 fully saturated rings. The monoisotopic (exact) mass is 349 g/mol. The predicted octanol–water partition coefficient (Wildman–Crippen LogP) is 5.74. The lowest BCUT2D eigenvalue weighted by Gasteiger charge is -2.11. The van der Waals surface area contributed by atoms with Crippen LogP contribution in [-0.2, 0) is 0 Å². The second-order valence-corrected chi connectivity index (χ2v) is 7.11. The standard InChI is InChI=1S/C22H11N3S/c23-12-14-6-5-7-15(13-24)20(14)25-18-10-3-1-8-16(18)22-21(25)17-9-2-4-11-19(17)26-22/h1-11H. The molecule has 3 nitrogen and oxygen atoms in total. The van der Waals surface area contributed by atoms with Crippen LogP contribution in [0.3, 0.4) is 0 Å². The maximum atomic E-state index is 9.68. The lowest BCUT2D eigenvalue weighted by molar-refractivity contribution is 1.16. The summed E-state index contributed by atoms with van der Waals surface area (Å²) in [5.41, 5.74) is 3.74. The van der Waals surface area contributed by atoms with Crippen molar-refractivity contribution in [1.82, 2.24) is 4.57 Å². The Balaban J connectivity index is 2.10. The summed E-state index contributed by atoms with van der Waals surface area (Å²) >= 11 is 1.75. The van der Waals surface area contributed by atoms with E-state index in [0.29, 0.717) is 16.8 Å². The highest BCUT2D eigenvalue weighted by Crippen LogP contribution is 2.42. The Bertz CT molecular complexity index is 1370. The van der Waals surface area contributed by atoms with E-state index in [2.05, 4.69) is 34.9 Å². The van der Waals surface area contributed by atoms with Gasteiger partial charge in [0.15, 0.2) is 0 Å². The van der Waals surface area contributed by atoms with Crippen LogP contribution in [0.25, 0.3) is 36.9 Å². The Labute approximate surface area is 153 Å². The van der Waals surface area contributed by atoms with Crippen molar-refractivity contribution < 1.29 is 0 Å². The molecule has 0 amide bonds. The molecule has 3 aromatic carbocycles. The highest BCUT2D eigenvalue weighted by molar-refractivity contribution is 7.26. The van der Waals surface area contributed by atoms with Crippen LogP contribution in [0.2, 0.25) is 0 Å². The molecule has 0 spiro atoms. The van der Waals surface area contributed by atoms with E-state index in [1.807, 2.05) is 30.3 Å². The number of rotatable bonds is 1. The van der Waals surface area contributed by atoms with Crippen LogP contribution in [0.15, 0.2) is 66.7 Å². The average Bonchev–Trinajstić information content (AvgIpc) is 3.22. The number of benzene rings is 3. The molecule has 120 valence electrons. The first-order chi connectivity index (χ1) is 12.8. The zero-order valence-electron chi connectivity index (χ0n) is 13.6. The molecule has 0 N–H and O–H groups in total. The summed E-state index contributed by atoms with van der Waals surface area (Å²) < 4.78 is 4.46. The molecule has 0 unspecified atom stereocenters. The minimum atomic E-state index is 0.502. The van der Waals surface area contributed by atoms with Crippen molar-refractivity contribution in [2.75, 3.05) is 0 Å². The molecule has 0 aliphatic heterocycles. The maximum absolute atomic E-state index is 9.68. The minimum Gasteiger partial charge on any atom is -0.305 e. The van der Waals surface area contributed by atoms with Gasteiger partial charge in [0.2, 0.25) is 0 Å². The van der Waals surface area contributed by atoms with E-state index in [-0.39, 0.29) is 0 Å². The fraction of sp³-hybridized carbons (Fsp3) is 0. The van der Waals surface area contributed by atoms with Crippen LogP contribution < -0.4 is 0 Å². The zero-order valence-corrected chi connectivity index (χ0v) is 14.4. The van der Waals surface area contributed by atoms with Gasteiger partial charge in [0.1, 0.15) is 12.1 Å².